The van der Waals surface area contributed by atoms with Crippen molar-refractivity contribution in [2.75, 3.05) is 13.1 Å². The maximum Gasteiger partial charge on any atom is 0.223 e. The average Bonchev–Trinajstić information content (AvgIpc) is 2.89. The van der Waals surface area contributed by atoms with Crippen molar-refractivity contribution in [3.8, 4) is 0 Å². The lowest BCUT2D eigenvalue weighted by Crippen LogP contribution is -2.37. The van der Waals surface area contributed by atoms with Crippen LogP contribution in [0.2, 0.25) is 0 Å². The quantitative estimate of drug-likeness (QED) is 0.882. The molecular weight excluding hydrogens is 236 g/mol. The van der Waals surface area contributed by atoms with Gasteiger partial charge in [-0.15, -0.1) is 0 Å². The van der Waals surface area contributed by atoms with Crippen LogP contribution >= 0.6 is 0 Å². The van der Waals surface area contributed by atoms with Gasteiger partial charge in [0.05, 0.1) is 0 Å². The van der Waals surface area contributed by atoms with E-state index in [0.29, 0.717) is 12.3 Å². The van der Waals surface area contributed by atoms with Gasteiger partial charge in [-0.25, -0.2) is 0 Å². The Bertz CT molecular complexity index is 396. The van der Waals surface area contributed by atoms with Gasteiger partial charge >= 0.3 is 0 Å². The molecule has 1 N–H and O–H groups in total. The number of carbonyl (C=O) groups is 1. The molecular formula is C16H24N2O. The molecule has 0 spiro atoms. The van der Waals surface area contributed by atoms with Gasteiger partial charge in [0.2, 0.25) is 5.91 Å². The van der Waals surface area contributed by atoms with Gasteiger partial charge in [0.25, 0.3) is 0 Å². The maximum atomic E-state index is 12.4. The summed E-state index contributed by atoms with van der Waals surface area (Å²) >= 11 is 0. The first-order chi connectivity index (χ1) is 9.16. The molecule has 0 aliphatic carbocycles. The van der Waals surface area contributed by atoms with Crippen molar-refractivity contribution in [3.63, 3.8) is 0 Å². The number of benzene rings is 1. The molecule has 2 rings (SSSR count). The van der Waals surface area contributed by atoms with E-state index in [9.17, 15) is 4.79 Å². The van der Waals surface area contributed by atoms with Gasteiger partial charge in [-0.2, -0.15) is 0 Å². The maximum absolute atomic E-state index is 12.4. The molecule has 0 saturated carbocycles. The van der Waals surface area contributed by atoms with E-state index in [0.717, 1.165) is 26.1 Å². The van der Waals surface area contributed by atoms with Gasteiger partial charge in [0.1, 0.15) is 0 Å². The smallest absolute Gasteiger partial charge is 0.223 e. The molecule has 3 heteroatoms. The van der Waals surface area contributed by atoms with Crippen molar-refractivity contribution >= 4 is 5.91 Å². The molecule has 1 atom stereocenters. The second-order valence-corrected chi connectivity index (χ2v) is 5.66. The van der Waals surface area contributed by atoms with Crippen molar-refractivity contribution in [1.82, 2.24) is 10.2 Å². The lowest BCUT2D eigenvalue weighted by molar-refractivity contribution is -0.134. The number of rotatable bonds is 5. The minimum Gasteiger partial charge on any atom is -0.336 e. The van der Waals surface area contributed by atoms with E-state index in [1.807, 2.05) is 23.1 Å². The van der Waals surface area contributed by atoms with Gasteiger partial charge in [-0.3, -0.25) is 4.79 Å². The minimum atomic E-state index is 0.252. The molecule has 3 nitrogen and oxygen atoms in total. The van der Waals surface area contributed by atoms with Crippen molar-refractivity contribution in [1.29, 1.82) is 0 Å². The second-order valence-electron chi connectivity index (χ2n) is 5.66. The predicted molar refractivity (Wildman–Crippen MR) is 77.7 cm³/mol. The van der Waals surface area contributed by atoms with Gasteiger partial charge in [0, 0.05) is 19.0 Å². The third kappa shape index (κ3) is 4.06. The molecule has 1 aromatic carbocycles. The summed E-state index contributed by atoms with van der Waals surface area (Å²) in [6.07, 6.45) is 1.81. The van der Waals surface area contributed by atoms with Crippen LogP contribution in [0.15, 0.2) is 30.3 Å². The summed E-state index contributed by atoms with van der Waals surface area (Å²) in [6.45, 7) is 6.94. The number of hydrogen-bond donors (Lipinski definition) is 1. The molecule has 1 unspecified atom stereocenters. The molecule has 1 heterocycles. The first kappa shape index (κ1) is 14.1. The minimum absolute atomic E-state index is 0.252. The zero-order valence-corrected chi connectivity index (χ0v) is 11.9. The molecule has 0 aromatic heterocycles. The fourth-order valence-corrected chi connectivity index (χ4v) is 2.59. The van der Waals surface area contributed by atoms with Crippen LogP contribution in [0.1, 0.15) is 32.3 Å². The van der Waals surface area contributed by atoms with E-state index in [4.69, 9.17) is 0 Å². The van der Waals surface area contributed by atoms with Crippen molar-refractivity contribution in [2.24, 2.45) is 5.92 Å². The SMILES string of the molecule is CC(C)N(Cc1ccccc1)C(=O)CC1CCNC1. The summed E-state index contributed by atoms with van der Waals surface area (Å²) in [5.74, 6) is 0.803. The van der Waals surface area contributed by atoms with Crippen LogP contribution in [0.4, 0.5) is 0 Å². The molecule has 1 aromatic rings. The van der Waals surface area contributed by atoms with E-state index in [1.165, 1.54) is 5.56 Å². The highest BCUT2D eigenvalue weighted by molar-refractivity contribution is 5.76. The predicted octanol–water partition coefficient (Wildman–Crippen LogP) is 2.42. The Hall–Kier alpha value is -1.35. The van der Waals surface area contributed by atoms with Gasteiger partial charge in [-0.05, 0) is 44.8 Å². The Labute approximate surface area is 116 Å². The summed E-state index contributed by atoms with van der Waals surface area (Å²) in [5, 5.41) is 3.32. The van der Waals surface area contributed by atoms with E-state index in [2.05, 4.69) is 31.3 Å². The molecule has 104 valence electrons. The molecule has 0 radical (unpaired) electrons. The number of nitrogens with zero attached hydrogens (tertiary/aromatic N) is 1. The van der Waals surface area contributed by atoms with Gasteiger partial charge in [0.15, 0.2) is 0 Å². The largest absolute Gasteiger partial charge is 0.336 e. The van der Waals surface area contributed by atoms with Crippen LogP contribution in [0.5, 0.6) is 0 Å². The van der Waals surface area contributed by atoms with Crippen LogP contribution < -0.4 is 5.32 Å². The molecule has 1 fully saturated rings. The molecule has 1 aliphatic heterocycles. The van der Waals surface area contributed by atoms with Crippen LogP contribution in [0, 0.1) is 5.92 Å². The fraction of sp³-hybridized carbons (Fsp3) is 0.562. The summed E-state index contributed by atoms with van der Waals surface area (Å²) in [5.41, 5.74) is 1.20. The third-order valence-electron chi connectivity index (χ3n) is 3.77. The summed E-state index contributed by atoms with van der Waals surface area (Å²) in [4.78, 5) is 14.4. The van der Waals surface area contributed by atoms with Gasteiger partial charge < -0.3 is 10.2 Å². The van der Waals surface area contributed by atoms with Gasteiger partial charge in [-0.1, -0.05) is 30.3 Å². The summed E-state index contributed by atoms with van der Waals surface area (Å²) in [7, 11) is 0. The first-order valence-electron chi connectivity index (χ1n) is 7.21. The molecule has 19 heavy (non-hydrogen) atoms. The number of nitrogens with one attached hydrogen (secondary N) is 1. The number of hydrogen-bond acceptors (Lipinski definition) is 2. The summed E-state index contributed by atoms with van der Waals surface area (Å²) < 4.78 is 0. The summed E-state index contributed by atoms with van der Waals surface area (Å²) in [6, 6.07) is 10.5. The molecule has 1 aliphatic rings. The Balaban J connectivity index is 1.96. The highest BCUT2D eigenvalue weighted by Gasteiger charge is 2.23. The Morgan fingerprint density at radius 3 is 2.68 bits per heavy atom. The standard InChI is InChI=1S/C16H24N2O/c1-13(2)18(12-14-6-4-3-5-7-14)16(19)10-15-8-9-17-11-15/h3-7,13,15,17H,8-12H2,1-2H3. The first-order valence-corrected chi connectivity index (χ1v) is 7.21. The lowest BCUT2D eigenvalue weighted by atomic mass is 10.0. The molecule has 1 saturated heterocycles. The van der Waals surface area contributed by atoms with Crippen molar-refractivity contribution < 1.29 is 4.79 Å². The van der Waals surface area contributed by atoms with Crippen molar-refractivity contribution in [2.45, 2.75) is 39.3 Å². The lowest BCUT2D eigenvalue weighted by Gasteiger charge is -2.28. The van der Waals surface area contributed by atoms with Crippen LogP contribution in [-0.2, 0) is 11.3 Å². The normalized spacial score (nSPS) is 18.8. The van der Waals surface area contributed by atoms with Crippen LogP contribution in [0.25, 0.3) is 0 Å². The van der Waals surface area contributed by atoms with E-state index >= 15 is 0 Å². The van der Waals surface area contributed by atoms with E-state index < -0.39 is 0 Å². The molecule has 1 amide bonds. The number of carbonyl (C=O) groups excluding carboxylic acids is 1. The highest BCUT2D eigenvalue weighted by atomic mass is 16.2. The Kier molecular flexibility index (Phi) is 4.97. The zero-order valence-electron chi connectivity index (χ0n) is 11.9. The average molecular weight is 260 g/mol. The van der Waals surface area contributed by atoms with Crippen LogP contribution in [0.3, 0.4) is 0 Å². The van der Waals surface area contributed by atoms with E-state index in [1.54, 1.807) is 0 Å². The van der Waals surface area contributed by atoms with Crippen molar-refractivity contribution in [3.05, 3.63) is 35.9 Å². The highest BCUT2D eigenvalue weighted by Crippen LogP contribution is 2.17. The zero-order chi connectivity index (χ0) is 13.7. The number of amides is 1. The van der Waals surface area contributed by atoms with Crippen LogP contribution in [-0.4, -0.2) is 29.9 Å². The Morgan fingerprint density at radius 1 is 1.37 bits per heavy atom. The Morgan fingerprint density at radius 2 is 2.11 bits per heavy atom. The van der Waals surface area contributed by atoms with E-state index in [-0.39, 0.29) is 11.9 Å². The third-order valence-corrected chi connectivity index (χ3v) is 3.77. The monoisotopic (exact) mass is 260 g/mol. The second kappa shape index (κ2) is 6.71. The fourth-order valence-electron chi connectivity index (χ4n) is 2.59. The topological polar surface area (TPSA) is 32.3 Å². The molecule has 0 bridgehead atoms.